The van der Waals surface area contributed by atoms with Crippen LogP contribution < -0.4 is 10.6 Å². The molecule has 10 heteroatoms. The largest absolute Gasteiger partial charge is 0.507 e. The molecule has 0 aliphatic carbocycles. The van der Waals surface area contributed by atoms with Crippen LogP contribution in [-0.2, 0) is 4.79 Å². The van der Waals surface area contributed by atoms with Crippen molar-refractivity contribution in [1.82, 2.24) is 19.4 Å². The van der Waals surface area contributed by atoms with E-state index in [0.29, 0.717) is 35.7 Å². The van der Waals surface area contributed by atoms with Crippen LogP contribution in [0.2, 0.25) is 5.02 Å². The fourth-order valence-electron chi connectivity index (χ4n) is 5.47. The second-order valence-electron chi connectivity index (χ2n) is 10.6. The van der Waals surface area contributed by atoms with Crippen molar-refractivity contribution in [3.8, 4) is 22.7 Å². The van der Waals surface area contributed by atoms with E-state index in [9.17, 15) is 14.7 Å². The molecule has 0 radical (unpaired) electrons. The van der Waals surface area contributed by atoms with Gasteiger partial charge in [0.15, 0.2) is 11.5 Å². The number of fused-ring (bicyclic) bond motifs is 1. The normalized spacial score (nSPS) is 15.5. The minimum atomic E-state index is -0.703. The van der Waals surface area contributed by atoms with Gasteiger partial charge in [0, 0.05) is 36.3 Å². The van der Waals surface area contributed by atoms with Gasteiger partial charge in [-0.15, -0.1) is 0 Å². The van der Waals surface area contributed by atoms with E-state index >= 15 is 4.39 Å². The molecule has 1 fully saturated rings. The summed E-state index contributed by atoms with van der Waals surface area (Å²) < 4.78 is 17.3. The lowest BCUT2D eigenvalue weighted by atomic mass is 9.98. The van der Waals surface area contributed by atoms with Crippen LogP contribution in [-0.4, -0.2) is 56.1 Å². The molecule has 1 amide bonds. The predicted octanol–water partition coefficient (Wildman–Crippen LogP) is 5.60. The number of pyridine rings is 1. The highest BCUT2D eigenvalue weighted by atomic mass is 35.5. The van der Waals surface area contributed by atoms with Gasteiger partial charge in [0.1, 0.15) is 17.3 Å². The molecule has 0 saturated carbocycles. The molecule has 0 unspecified atom stereocenters. The molecule has 1 saturated heterocycles. The van der Waals surface area contributed by atoms with Gasteiger partial charge in [-0.3, -0.25) is 4.79 Å². The van der Waals surface area contributed by atoms with Crippen LogP contribution in [0.5, 0.6) is 5.75 Å². The second-order valence-corrected chi connectivity index (χ2v) is 11.0. The van der Waals surface area contributed by atoms with Crippen LogP contribution in [0.4, 0.5) is 10.2 Å². The summed E-state index contributed by atoms with van der Waals surface area (Å²) in [5.74, 6) is -0.723. The highest BCUT2D eigenvalue weighted by Gasteiger charge is 2.30. The van der Waals surface area contributed by atoms with Gasteiger partial charge in [-0.25, -0.2) is 18.7 Å². The number of nitrogens with zero attached hydrogens (tertiary/aromatic N) is 5. The van der Waals surface area contributed by atoms with Crippen LogP contribution in [0.3, 0.4) is 0 Å². The highest BCUT2D eigenvalue weighted by molar-refractivity contribution is 6.31. The Labute approximate surface area is 242 Å². The smallest absolute Gasteiger partial charge is 0.355 e. The number of phenols is 1. The number of benzene rings is 2. The Morgan fingerprint density at radius 2 is 1.95 bits per heavy atom. The maximum Gasteiger partial charge on any atom is 0.355 e. The number of anilines is 1. The minimum Gasteiger partial charge on any atom is -0.507 e. The molecule has 5 rings (SSSR count). The number of hydrogen-bond donors (Lipinski definition) is 1. The monoisotopic (exact) mass is 575 g/mol. The molecule has 2 aromatic carbocycles. The molecule has 3 heterocycles. The molecule has 8 nitrogen and oxygen atoms in total. The average Bonchev–Trinajstić information content (AvgIpc) is 2.94. The van der Waals surface area contributed by atoms with Crippen LogP contribution >= 0.6 is 11.6 Å². The van der Waals surface area contributed by atoms with E-state index in [0.717, 1.165) is 11.1 Å². The van der Waals surface area contributed by atoms with Crippen molar-refractivity contribution >= 4 is 34.4 Å². The number of aromatic hydroxyl groups is 1. The summed E-state index contributed by atoms with van der Waals surface area (Å²) in [4.78, 5) is 38.9. The van der Waals surface area contributed by atoms with Crippen LogP contribution in [0.15, 0.2) is 59.9 Å². The van der Waals surface area contributed by atoms with Crippen molar-refractivity contribution in [1.29, 1.82) is 0 Å². The molecule has 1 aliphatic heterocycles. The Morgan fingerprint density at radius 1 is 1.20 bits per heavy atom. The lowest BCUT2D eigenvalue weighted by Crippen LogP contribution is -2.54. The zero-order valence-corrected chi connectivity index (χ0v) is 24.1. The number of amides is 1. The number of piperazine rings is 1. The number of aromatic nitrogens is 3. The van der Waals surface area contributed by atoms with Gasteiger partial charge in [-0.2, -0.15) is 4.98 Å². The van der Waals surface area contributed by atoms with Gasteiger partial charge in [-0.1, -0.05) is 50.2 Å². The van der Waals surface area contributed by atoms with Crippen molar-refractivity contribution in [2.24, 2.45) is 0 Å². The van der Waals surface area contributed by atoms with E-state index in [1.807, 2.05) is 50.8 Å². The maximum atomic E-state index is 15.9. The SMILES string of the molecule is C=CC(=O)N1CCN(c2nc(=O)n(-c3c(C)cccc3C(C)C)c3nc(-c4cc(Cl)ccc4O)c(F)cc23)[C@@H](C)C1. The van der Waals surface area contributed by atoms with Crippen molar-refractivity contribution in [2.75, 3.05) is 24.5 Å². The number of halogens is 2. The summed E-state index contributed by atoms with van der Waals surface area (Å²) in [6.07, 6.45) is 1.28. The van der Waals surface area contributed by atoms with E-state index in [2.05, 4.69) is 16.5 Å². The van der Waals surface area contributed by atoms with E-state index in [4.69, 9.17) is 11.6 Å². The quantitative estimate of drug-likeness (QED) is 0.311. The summed E-state index contributed by atoms with van der Waals surface area (Å²) >= 11 is 6.19. The second kappa shape index (κ2) is 11.0. The first-order valence-electron chi connectivity index (χ1n) is 13.4. The van der Waals surface area contributed by atoms with Gasteiger partial charge in [-0.05, 0) is 61.2 Å². The Kier molecular flexibility index (Phi) is 7.57. The van der Waals surface area contributed by atoms with Crippen LogP contribution in [0, 0.1) is 12.7 Å². The topological polar surface area (TPSA) is 91.6 Å². The summed E-state index contributed by atoms with van der Waals surface area (Å²) in [7, 11) is 0. The van der Waals surface area contributed by atoms with Crippen molar-refractivity contribution < 1.29 is 14.3 Å². The molecule has 41 heavy (non-hydrogen) atoms. The first-order valence-corrected chi connectivity index (χ1v) is 13.8. The molecule has 1 aliphatic rings. The third-order valence-electron chi connectivity index (χ3n) is 7.52. The standard InChI is InChI=1S/C31H31ClFN5O3/c1-6-26(40)36-12-13-37(19(5)16-36)29-23-15-24(33)27(22-14-20(32)10-11-25(22)39)34-30(23)38(31(41)35-29)28-18(4)8-7-9-21(28)17(2)3/h6-11,14-15,17,19,39H,1,12-13,16H2,2-5H3/t19-/m0/s1. The zero-order valence-electron chi connectivity index (χ0n) is 23.4. The molecule has 1 N–H and O–H groups in total. The molecule has 212 valence electrons. The van der Waals surface area contributed by atoms with E-state index in [1.165, 1.54) is 34.9 Å². The fraction of sp³-hybridized carbons (Fsp3) is 0.290. The Bertz CT molecular complexity index is 1750. The van der Waals surface area contributed by atoms with Crippen LogP contribution in [0.25, 0.3) is 28.0 Å². The number of carbonyl (C=O) groups is 1. The van der Waals surface area contributed by atoms with Crippen molar-refractivity contribution in [3.05, 3.63) is 87.6 Å². The van der Waals surface area contributed by atoms with E-state index < -0.39 is 11.5 Å². The Hall–Kier alpha value is -4.24. The van der Waals surface area contributed by atoms with Gasteiger partial charge >= 0.3 is 5.69 Å². The molecule has 4 aromatic rings. The Morgan fingerprint density at radius 3 is 2.63 bits per heavy atom. The van der Waals surface area contributed by atoms with Gasteiger partial charge in [0.25, 0.3) is 0 Å². The summed E-state index contributed by atoms with van der Waals surface area (Å²) in [6, 6.07) is 11.2. The summed E-state index contributed by atoms with van der Waals surface area (Å²) in [5, 5.41) is 11.2. The summed E-state index contributed by atoms with van der Waals surface area (Å²) in [6.45, 7) is 12.6. The molecule has 0 bridgehead atoms. The number of phenolic OH excluding ortho intramolecular Hbond substituents is 1. The number of hydrogen-bond acceptors (Lipinski definition) is 6. The number of rotatable bonds is 5. The number of para-hydroxylation sites is 1. The van der Waals surface area contributed by atoms with E-state index in [-0.39, 0.29) is 46.3 Å². The molecular formula is C31H31ClFN5O3. The average molecular weight is 576 g/mol. The first kappa shape index (κ1) is 28.3. The lowest BCUT2D eigenvalue weighted by Gasteiger charge is -2.40. The first-order chi connectivity index (χ1) is 19.5. The minimum absolute atomic E-state index is 0.0684. The zero-order chi connectivity index (χ0) is 29.6. The number of carbonyl (C=O) groups excluding carboxylic acids is 1. The van der Waals surface area contributed by atoms with Gasteiger partial charge in [0.2, 0.25) is 5.91 Å². The summed E-state index contributed by atoms with van der Waals surface area (Å²) in [5.41, 5.74) is 1.96. The Balaban J connectivity index is 1.82. The van der Waals surface area contributed by atoms with Gasteiger partial charge in [0.05, 0.1) is 11.1 Å². The van der Waals surface area contributed by atoms with Crippen molar-refractivity contribution in [2.45, 2.75) is 39.7 Å². The third-order valence-corrected chi connectivity index (χ3v) is 7.75. The number of aryl methyl sites for hydroxylation is 1. The van der Waals surface area contributed by atoms with E-state index in [1.54, 1.807) is 4.90 Å². The molecular weight excluding hydrogens is 545 g/mol. The maximum absolute atomic E-state index is 15.9. The molecule has 0 spiro atoms. The molecule has 1 atom stereocenters. The van der Waals surface area contributed by atoms with Gasteiger partial charge < -0.3 is 14.9 Å². The lowest BCUT2D eigenvalue weighted by molar-refractivity contribution is -0.126. The third kappa shape index (κ3) is 5.06. The highest BCUT2D eigenvalue weighted by Crippen LogP contribution is 2.37. The van der Waals surface area contributed by atoms with Crippen LogP contribution in [0.1, 0.15) is 37.8 Å². The fourth-order valence-corrected chi connectivity index (χ4v) is 5.64. The van der Waals surface area contributed by atoms with Crippen molar-refractivity contribution in [3.63, 3.8) is 0 Å². The molecule has 2 aromatic heterocycles. The predicted molar refractivity (Wildman–Crippen MR) is 160 cm³/mol.